The monoisotopic (exact) mass is 883 g/mol. The summed E-state index contributed by atoms with van der Waals surface area (Å²) in [7, 11) is 0. The van der Waals surface area contributed by atoms with Crippen LogP contribution in [0.2, 0.25) is 0 Å². The summed E-state index contributed by atoms with van der Waals surface area (Å²) in [6.45, 7) is 0.411. The number of para-hydroxylation sites is 2. The molecule has 0 saturated carbocycles. The normalized spacial score (nSPS) is 16.2. The number of Topliss-reactive ketones (excluding diaryl/α,β-unsaturated/α-hetero) is 1. The number of amides is 5. The van der Waals surface area contributed by atoms with E-state index < -0.39 is 59.8 Å². The van der Waals surface area contributed by atoms with E-state index in [1.54, 1.807) is 18.6 Å². The van der Waals surface area contributed by atoms with Gasteiger partial charge in [-0.05, 0) is 54.6 Å². The van der Waals surface area contributed by atoms with Crippen LogP contribution in [-0.4, -0.2) is 103 Å². The molecular formula is C48H57N11O6. The van der Waals surface area contributed by atoms with Crippen LogP contribution in [0.1, 0.15) is 54.5 Å². The van der Waals surface area contributed by atoms with Crippen molar-refractivity contribution in [3.8, 4) is 0 Å². The van der Waals surface area contributed by atoms with Gasteiger partial charge in [-0.3, -0.25) is 28.8 Å². The lowest BCUT2D eigenvalue weighted by Crippen LogP contribution is -2.56. The molecule has 6 atom stereocenters. The molecule has 1 saturated heterocycles. The number of carbonyl (C=O) groups is 6. The highest BCUT2D eigenvalue weighted by Gasteiger charge is 2.41. The first-order valence-corrected chi connectivity index (χ1v) is 22.1. The zero-order valence-corrected chi connectivity index (χ0v) is 36.1. The molecule has 0 spiro atoms. The van der Waals surface area contributed by atoms with Gasteiger partial charge in [0, 0.05) is 90.7 Å². The number of likely N-dealkylation sites (tertiary alicyclic amines) is 1. The maximum atomic E-state index is 14.8. The third-order valence-electron chi connectivity index (χ3n) is 12.2. The minimum absolute atomic E-state index is 0.0275. The summed E-state index contributed by atoms with van der Waals surface area (Å²) in [6, 6.07) is 19.5. The largest absolute Gasteiger partial charge is 0.369 e. The number of imidazole rings is 1. The summed E-state index contributed by atoms with van der Waals surface area (Å²) in [5.74, 6) is -3.74. The van der Waals surface area contributed by atoms with Crippen LogP contribution in [-0.2, 0) is 54.5 Å². The van der Waals surface area contributed by atoms with Crippen molar-refractivity contribution in [1.29, 1.82) is 0 Å². The Labute approximate surface area is 376 Å². The van der Waals surface area contributed by atoms with Gasteiger partial charge in [-0.2, -0.15) is 0 Å². The number of primary amides is 1. The Morgan fingerprint density at radius 2 is 1.40 bits per heavy atom. The van der Waals surface area contributed by atoms with Crippen molar-refractivity contribution in [2.45, 2.75) is 88.0 Å². The molecule has 3 aromatic carbocycles. The Bertz CT molecular complexity index is 2590. The van der Waals surface area contributed by atoms with E-state index in [2.05, 4.69) is 35.9 Å². The number of H-pyrrole nitrogens is 3. The topological polar surface area (TPSA) is 280 Å². The fourth-order valence-corrected chi connectivity index (χ4v) is 8.65. The van der Waals surface area contributed by atoms with Gasteiger partial charge in [0.2, 0.25) is 29.5 Å². The first-order chi connectivity index (χ1) is 31.5. The number of aromatic amines is 3. The van der Waals surface area contributed by atoms with Crippen molar-refractivity contribution in [2.75, 3.05) is 13.1 Å². The van der Waals surface area contributed by atoms with Crippen LogP contribution >= 0.6 is 0 Å². The molecule has 0 radical (unpaired) electrons. The molecular weight excluding hydrogens is 827 g/mol. The third kappa shape index (κ3) is 11.7. The van der Waals surface area contributed by atoms with Gasteiger partial charge in [-0.15, -0.1) is 0 Å². The molecule has 5 amide bonds. The Kier molecular flexibility index (Phi) is 15.2. The van der Waals surface area contributed by atoms with Gasteiger partial charge in [-0.25, -0.2) is 4.98 Å². The molecule has 7 rings (SSSR count). The predicted octanol–water partition coefficient (Wildman–Crippen LogP) is 2.22. The number of unbranched alkanes of at least 4 members (excludes halogenated alkanes) is 1. The molecule has 6 aromatic rings. The van der Waals surface area contributed by atoms with Gasteiger partial charge in [-0.1, -0.05) is 73.2 Å². The lowest BCUT2D eigenvalue weighted by atomic mass is 9.90. The highest BCUT2D eigenvalue weighted by atomic mass is 16.2. The van der Waals surface area contributed by atoms with Gasteiger partial charge < -0.3 is 53.0 Å². The number of fused-ring (bicyclic) bond motifs is 2. The number of hydrogen-bond donors (Lipinski definition) is 9. The van der Waals surface area contributed by atoms with Crippen molar-refractivity contribution >= 4 is 57.1 Å². The summed E-state index contributed by atoms with van der Waals surface area (Å²) >= 11 is 0. The number of aromatic nitrogens is 4. The molecule has 17 nitrogen and oxygen atoms in total. The minimum atomic E-state index is -1.10. The second-order valence-corrected chi connectivity index (χ2v) is 16.9. The lowest BCUT2D eigenvalue weighted by Gasteiger charge is -2.30. The summed E-state index contributed by atoms with van der Waals surface area (Å²) in [6.07, 6.45) is 8.54. The number of rotatable bonds is 23. The van der Waals surface area contributed by atoms with Crippen molar-refractivity contribution in [3.05, 3.63) is 126 Å². The van der Waals surface area contributed by atoms with Crippen molar-refractivity contribution < 1.29 is 28.8 Å². The predicted molar refractivity (Wildman–Crippen MR) is 246 cm³/mol. The molecule has 1 aliphatic heterocycles. The fourth-order valence-electron chi connectivity index (χ4n) is 8.65. The number of nitrogens with two attached hydrogens (primary N) is 3. The van der Waals surface area contributed by atoms with Crippen LogP contribution < -0.4 is 33.2 Å². The second kappa shape index (κ2) is 21.5. The zero-order valence-electron chi connectivity index (χ0n) is 36.1. The zero-order chi connectivity index (χ0) is 45.9. The number of hydrogen-bond acceptors (Lipinski definition) is 9. The van der Waals surface area contributed by atoms with Crippen molar-refractivity contribution in [1.82, 2.24) is 40.8 Å². The van der Waals surface area contributed by atoms with E-state index in [9.17, 15) is 28.8 Å². The molecule has 1 aliphatic rings. The molecule has 17 heteroatoms. The summed E-state index contributed by atoms with van der Waals surface area (Å²) in [4.78, 5) is 98.1. The highest BCUT2D eigenvalue weighted by Crippen LogP contribution is 2.25. The van der Waals surface area contributed by atoms with Gasteiger partial charge in [0.1, 0.15) is 12.1 Å². The van der Waals surface area contributed by atoms with Gasteiger partial charge in [0.05, 0.1) is 24.5 Å². The second-order valence-electron chi connectivity index (χ2n) is 16.9. The molecule has 12 N–H and O–H groups in total. The van der Waals surface area contributed by atoms with Crippen LogP contribution in [0.15, 0.2) is 104 Å². The SMILES string of the molecule is NCCCC[C@H](CC(=O)[C@@H](Cc1ccccc1)NC(=O)[C@H](Cc1c[nH]c2ccccc12)N1C[C@H](NC(=O)[C@@H](Cc2c[nH]c3ccccc23)NC(=O)[C@@H](N)Cc2cnc[nH]2)CC1=O)C(N)=O. The Balaban J connectivity index is 1.13. The summed E-state index contributed by atoms with van der Waals surface area (Å²) in [5, 5.41) is 10.6. The van der Waals surface area contributed by atoms with Crippen LogP contribution in [0.5, 0.6) is 0 Å². The minimum Gasteiger partial charge on any atom is -0.369 e. The van der Waals surface area contributed by atoms with Crippen molar-refractivity contribution in [2.24, 2.45) is 23.1 Å². The number of carbonyl (C=O) groups excluding carboxylic acids is 6. The van der Waals surface area contributed by atoms with Crippen LogP contribution in [0.25, 0.3) is 21.8 Å². The molecule has 3 aromatic heterocycles. The smallest absolute Gasteiger partial charge is 0.243 e. The van der Waals surface area contributed by atoms with Gasteiger partial charge in [0.15, 0.2) is 5.78 Å². The molecule has 1 fully saturated rings. The van der Waals surface area contributed by atoms with E-state index in [4.69, 9.17) is 17.2 Å². The van der Waals surface area contributed by atoms with E-state index in [-0.39, 0.29) is 56.8 Å². The number of nitrogens with zero attached hydrogens (tertiary/aromatic N) is 2. The fraction of sp³-hybridized carbons (Fsp3) is 0.354. The number of ketones is 1. The standard InChI is InChI=1S/C48H57N11O6/c49-17-9-8-12-30(45(51)62)21-43(60)40(18-29-10-2-1-3-11-29)57-48(65)42(20-32-25-54-39-16-7-5-14-36(32)39)59-27-34(23-44(59)61)56-47(64)41(19-31-24-53-38-15-6-4-13-35(31)38)58-46(63)37(50)22-33-26-52-28-55-33/h1-7,10-11,13-16,24-26,28,30,34,37,40-42,53-54H,8-9,12,17-23,27,49-50H2,(H2,51,62)(H,52,55)(H,56,64)(H,57,65)(H,58,63)/t30-,34-,37+,40-,41-,42+/m1/s1. The lowest BCUT2D eigenvalue weighted by molar-refractivity contribution is -0.138. The molecule has 340 valence electrons. The van der Waals surface area contributed by atoms with E-state index in [0.717, 1.165) is 38.5 Å². The third-order valence-corrected chi connectivity index (χ3v) is 12.2. The molecule has 0 unspecified atom stereocenters. The van der Waals surface area contributed by atoms with E-state index in [0.29, 0.717) is 31.5 Å². The van der Waals surface area contributed by atoms with Crippen LogP contribution in [0.4, 0.5) is 0 Å². The Morgan fingerprint density at radius 1 is 0.754 bits per heavy atom. The van der Waals surface area contributed by atoms with Crippen LogP contribution in [0, 0.1) is 5.92 Å². The molecule has 4 heterocycles. The number of nitrogens with one attached hydrogen (secondary N) is 6. The summed E-state index contributed by atoms with van der Waals surface area (Å²) in [5.41, 5.74) is 22.4. The average molecular weight is 884 g/mol. The first-order valence-electron chi connectivity index (χ1n) is 22.1. The van der Waals surface area contributed by atoms with E-state index in [1.165, 1.54) is 11.2 Å². The maximum Gasteiger partial charge on any atom is 0.243 e. The number of benzene rings is 3. The van der Waals surface area contributed by atoms with Crippen molar-refractivity contribution in [3.63, 3.8) is 0 Å². The van der Waals surface area contributed by atoms with Gasteiger partial charge in [0.25, 0.3) is 0 Å². The molecule has 65 heavy (non-hydrogen) atoms. The highest BCUT2D eigenvalue weighted by molar-refractivity contribution is 5.96. The van der Waals surface area contributed by atoms with Gasteiger partial charge >= 0.3 is 0 Å². The molecule has 0 aliphatic carbocycles. The van der Waals surface area contributed by atoms with E-state index >= 15 is 0 Å². The molecule has 0 bridgehead atoms. The maximum absolute atomic E-state index is 14.8. The summed E-state index contributed by atoms with van der Waals surface area (Å²) < 4.78 is 0. The van der Waals surface area contributed by atoms with Crippen LogP contribution in [0.3, 0.4) is 0 Å². The Hall–Kier alpha value is -7.11. The Morgan fingerprint density at radius 3 is 2.05 bits per heavy atom. The van der Waals surface area contributed by atoms with E-state index in [1.807, 2.05) is 78.9 Å². The average Bonchev–Trinajstić information content (AvgIpc) is 4.13. The quantitative estimate of drug-likeness (QED) is 0.0426. The first kappa shape index (κ1) is 45.9.